The first-order valence-electron chi connectivity index (χ1n) is 4.76. The lowest BCUT2D eigenvalue weighted by atomic mass is 10.2. The Labute approximate surface area is 88.2 Å². The van der Waals surface area contributed by atoms with E-state index < -0.39 is 4.92 Å². The van der Waals surface area contributed by atoms with Crippen LogP contribution in [0, 0.1) is 10.1 Å². The van der Waals surface area contributed by atoms with Gasteiger partial charge in [0.05, 0.1) is 4.92 Å². The lowest BCUT2D eigenvalue weighted by Crippen LogP contribution is -2.19. The molecular formula is C10H14N2O3. The number of ether oxygens (including phenoxy) is 1. The van der Waals surface area contributed by atoms with Crippen LogP contribution in [0.2, 0.25) is 0 Å². The van der Waals surface area contributed by atoms with E-state index >= 15 is 0 Å². The molecule has 1 aromatic rings. The number of benzene rings is 1. The molecule has 0 fully saturated rings. The molecule has 0 heterocycles. The molecule has 1 unspecified atom stereocenters. The highest BCUT2D eigenvalue weighted by Gasteiger charge is 2.13. The molecule has 82 valence electrons. The molecule has 0 saturated carbocycles. The predicted molar refractivity (Wildman–Crippen MR) is 57.8 cm³/mol. The molecular weight excluding hydrogens is 196 g/mol. The van der Waals surface area contributed by atoms with Crippen molar-refractivity contribution in [1.82, 2.24) is 0 Å². The summed E-state index contributed by atoms with van der Waals surface area (Å²) in [5, 5.41) is 13.6. The molecule has 1 rings (SSSR count). The highest BCUT2D eigenvalue weighted by molar-refractivity contribution is 5.61. The molecule has 0 radical (unpaired) electrons. The summed E-state index contributed by atoms with van der Waals surface area (Å²) < 4.78 is 5.25. The molecule has 0 aliphatic rings. The topological polar surface area (TPSA) is 64.4 Å². The van der Waals surface area contributed by atoms with Crippen LogP contribution in [0.5, 0.6) is 0 Å². The SMILES string of the molecule is CCOC(C)Nc1ccccc1[N+](=O)[O-]. The lowest BCUT2D eigenvalue weighted by molar-refractivity contribution is -0.384. The number of hydrogen-bond donors (Lipinski definition) is 1. The third-order valence-corrected chi connectivity index (χ3v) is 1.88. The Kier molecular flexibility index (Phi) is 4.05. The molecule has 0 saturated heterocycles. The van der Waals surface area contributed by atoms with Crippen LogP contribution in [-0.4, -0.2) is 17.8 Å². The van der Waals surface area contributed by atoms with Crippen molar-refractivity contribution in [2.24, 2.45) is 0 Å². The Morgan fingerprint density at radius 2 is 2.20 bits per heavy atom. The van der Waals surface area contributed by atoms with Gasteiger partial charge in [-0.05, 0) is 19.9 Å². The van der Waals surface area contributed by atoms with E-state index in [1.165, 1.54) is 6.07 Å². The zero-order valence-corrected chi connectivity index (χ0v) is 8.77. The van der Waals surface area contributed by atoms with Gasteiger partial charge in [0.15, 0.2) is 0 Å². The second kappa shape index (κ2) is 5.31. The summed E-state index contributed by atoms with van der Waals surface area (Å²) in [7, 11) is 0. The molecule has 5 nitrogen and oxygen atoms in total. The molecule has 0 spiro atoms. The molecule has 1 aromatic carbocycles. The van der Waals surface area contributed by atoms with Gasteiger partial charge in [-0.15, -0.1) is 0 Å². The van der Waals surface area contributed by atoms with Crippen molar-refractivity contribution in [2.45, 2.75) is 20.1 Å². The predicted octanol–water partition coefficient (Wildman–Crippen LogP) is 2.39. The minimum Gasteiger partial charge on any atom is -0.359 e. The van der Waals surface area contributed by atoms with Crippen molar-refractivity contribution in [3.05, 3.63) is 34.4 Å². The van der Waals surface area contributed by atoms with Gasteiger partial charge < -0.3 is 10.1 Å². The zero-order chi connectivity index (χ0) is 11.3. The lowest BCUT2D eigenvalue weighted by Gasteiger charge is -2.14. The van der Waals surface area contributed by atoms with E-state index in [-0.39, 0.29) is 11.9 Å². The number of nitrogens with zero attached hydrogens (tertiary/aromatic N) is 1. The van der Waals surface area contributed by atoms with Crippen LogP contribution < -0.4 is 5.32 Å². The summed E-state index contributed by atoms with van der Waals surface area (Å²) in [6.07, 6.45) is -0.240. The summed E-state index contributed by atoms with van der Waals surface area (Å²) in [6.45, 7) is 4.24. The van der Waals surface area contributed by atoms with Gasteiger partial charge in [-0.3, -0.25) is 10.1 Å². The van der Waals surface area contributed by atoms with Crippen molar-refractivity contribution in [3.63, 3.8) is 0 Å². The van der Waals surface area contributed by atoms with E-state index in [0.717, 1.165) is 0 Å². The number of anilines is 1. The van der Waals surface area contributed by atoms with Gasteiger partial charge >= 0.3 is 0 Å². The second-order valence-electron chi connectivity index (χ2n) is 3.02. The van der Waals surface area contributed by atoms with Gasteiger partial charge in [0.2, 0.25) is 0 Å². The largest absolute Gasteiger partial charge is 0.359 e. The quantitative estimate of drug-likeness (QED) is 0.460. The zero-order valence-electron chi connectivity index (χ0n) is 8.77. The average Bonchev–Trinajstić information content (AvgIpc) is 2.18. The fourth-order valence-corrected chi connectivity index (χ4v) is 1.27. The van der Waals surface area contributed by atoms with Gasteiger partial charge in [-0.1, -0.05) is 12.1 Å². The van der Waals surface area contributed by atoms with Crippen LogP contribution >= 0.6 is 0 Å². The normalized spacial score (nSPS) is 12.1. The molecule has 0 aliphatic carbocycles. The number of hydrogen-bond acceptors (Lipinski definition) is 4. The van der Waals surface area contributed by atoms with E-state index in [4.69, 9.17) is 4.74 Å². The number of para-hydroxylation sites is 2. The second-order valence-corrected chi connectivity index (χ2v) is 3.02. The molecule has 0 aliphatic heterocycles. The summed E-state index contributed by atoms with van der Waals surface area (Å²) >= 11 is 0. The molecule has 1 atom stereocenters. The maximum atomic E-state index is 10.7. The Morgan fingerprint density at radius 3 is 2.80 bits per heavy atom. The van der Waals surface area contributed by atoms with Crippen LogP contribution in [0.3, 0.4) is 0 Å². The number of nitro benzene ring substituents is 1. The van der Waals surface area contributed by atoms with Crippen LogP contribution in [-0.2, 0) is 4.74 Å². The Hall–Kier alpha value is -1.62. The maximum Gasteiger partial charge on any atom is 0.292 e. The molecule has 15 heavy (non-hydrogen) atoms. The summed E-state index contributed by atoms with van der Waals surface area (Å²) in [6, 6.07) is 6.50. The van der Waals surface area contributed by atoms with Gasteiger partial charge in [0.1, 0.15) is 11.9 Å². The van der Waals surface area contributed by atoms with Crippen molar-refractivity contribution >= 4 is 11.4 Å². The smallest absolute Gasteiger partial charge is 0.292 e. The van der Waals surface area contributed by atoms with Crippen molar-refractivity contribution in [2.75, 3.05) is 11.9 Å². The van der Waals surface area contributed by atoms with E-state index in [0.29, 0.717) is 12.3 Å². The van der Waals surface area contributed by atoms with E-state index in [2.05, 4.69) is 5.32 Å². The first-order chi connectivity index (χ1) is 7.15. The van der Waals surface area contributed by atoms with Crippen LogP contribution in [0.15, 0.2) is 24.3 Å². The van der Waals surface area contributed by atoms with Gasteiger partial charge in [-0.2, -0.15) is 0 Å². The summed E-state index contributed by atoms with van der Waals surface area (Å²) in [4.78, 5) is 10.3. The molecule has 0 amide bonds. The first-order valence-corrected chi connectivity index (χ1v) is 4.76. The third-order valence-electron chi connectivity index (χ3n) is 1.88. The Bertz CT molecular complexity index is 341. The summed E-state index contributed by atoms with van der Waals surface area (Å²) in [5.74, 6) is 0. The Morgan fingerprint density at radius 1 is 1.53 bits per heavy atom. The van der Waals surface area contributed by atoms with Crippen LogP contribution in [0.4, 0.5) is 11.4 Å². The van der Waals surface area contributed by atoms with E-state index in [1.807, 2.05) is 6.92 Å². The number of rotatable bonds is 5. The van der Waals surface area contributed by atoms with Crippen LogP contribution in [0.25, 0.3) is 0 Å². The van der Waals surface area contributed by atoms with Crippen molar-refractivity contribution in [1.29, 1.82) is 0 Å². The van der Waals surface area contributed by atoms with Gasteiger partial charge in [-0.25, -0.2) is 0 Å². The fraction of sp³-hybridized carbons (Fsp3) is 0.400. The molecule has 1 N–H and O–H groups in total. The molecule has 0 aromatic heterocycles. The number of nitrogens with one attached hydrogen (secondary N) is 1. The van der Waals surface area contributed by atoms with Gasteiger partial charge in [0, 0.05) is 12.7 Å². The first kappa shape index (κ1) is 11.5. The van der Waals surface area contributed by atoms with E-state index in [1.54, 1.807) is 25.1 Å². The van der Waals surface area contributed by atoms with Crippen molar-refractivity contribution < 1.29 is 9.66 Å². The monoisotopic (exact) mass is 210 g/mol. The molecule has 5 heteroatoms. The summed E-state index contributed by atoms with van der Waals surface area (Å²) in [5.41, 5.74) is 0.535. The van der Waals surface area contributed by atoms with Gasteiger partial charge in [0.25, 0.3) is 5.69 Å². The number of nitro groups is 1. The van der Waals surface area contributed by atoms with E-state index in [9.17, 15) is 10.1 Å². The average molecular weight is 210 g/mol. The highest BCUT2D eigenvalue weighted by atomic mass is 16.6. The maximum absolute atomic E-state index is 10.7. The fourth-order valence-electron chi connectivity index (χ4n) is 1.27. The Balaban J connectivity index is 2.79. The minimum atomic E-state index is -0.416. The third kappa shape index (κ3) is 3.21. The standard InChI is InChI=1S/C10H14N2O3/c1-3-15-8(2)11-9-6-4-5-7-10(9)12(13)14/h4-8,11H,3H2,1-2H3. The highest BCUT2D eigenvalue weighted by Crippen LogP contribution is 2.23. The molecule has 0 bridgehead atoms. The minimum absolute atomic E-state index is 0.0593. The van der Waals surface area contributed by atoms with Crippen LogP contribution in [0.1, 0.15) is 13.8 Å². The van der Waals surface area contributed by atoms with Crippen molar-refractivity contribution in [3.8, 4) is 0 Å².